The van der Waals surface area contributed by atoms with E-state index in [0.29, 0.717) is 23.8 Å². The summed E-state index contributed by atoms with van der Waals surface area (Å²) >= 11 is 0. The standard InChI is InChI=1S/C22H21NO3.H2/c1-15(24)23-18-12-9-16(10-13-18)5-4-8-21(25)20-14-11-17-6-2-3-7-19(17)22(20)26;/h2-3,6-7,9-14,26H,4-5,8H2,1H3,(H,23,24);1H. The fraction of sp³-hybridized carbons (Fsp3) is 0.182. The van der Waals surface area contributed by atoms with Crippen molar-refractivity contribution in [2.24, 2.45) is 0 Å². The minimum Gasteiger partial charge on any atom is -0.507 e. The van der Waals surface area contributed by atoms with Crippen molar-refractivity contribution in [2.45, 2.75) is 26.2 Å². The van der Waals surface area contributed by atoms with E-state index in [4.69, 9.17) is 0 Å². The molecule has 134 valence electrons. The number of phenolic OH excluding ortho intramolecular Hbond substituents is 1. The lowest BCUT2D eigenvalue weighted by Gasteiger charge is -2.08. The monoisotopic (exact) mass is 349 g/mol. The molecule has 4 heteroatoms. The van der Waals surface area contributed by atoms with Crippen LogP contribution in [0.15, 0.2) is 60.7 Å². The summed E-state index contributed by atoms with van der Waals surface area (Å²) in [6, 6.07) is 18.6. The van der Waals surface area contributed by atoms with Gasteiger partial charge in [0.25, 0.3) is 0 Å². The Bertz CT molecular complexity index is 951. The van der Waals surface area contributed by atoms with E-state index in [-0.39, 0.29) is 18.9 Å². The van der Waals surface area contributed by atoms with Gasteiger partial charge in [0.15, 0.2) is 5.78 Å². The van der Waals surface area contributed by atoms with Crippen molar-refractivity contribution < 1.29 is 16.1 Å². The van der Waals surface area contributed by atoms with Crippen molar-refractivity contribution in [3.63, 3.8) is 0 Å². The average molecular weight is 349 g/mol. The minimum absolute atomic E-state index is 0. The van der Waals surface area contributed by atoms with E-state index >= 15 is 0 Å². The number of amides is 1. The number of hydrogen-bond acceptors (Lipinski definition) is 3. The predicted molar refractivity (Wildman–Crippen MR) is 106 cm³/mol. The van der Waals surface area contributed by atoms with Crippen LogP contribution in [-0.2, 0) is 11.2 Å². The van der Waals surface area contributed by atoms with Crippen molar-refractivity contribution in [1.82, 2.24) is 0 Å². The molecule has 0 bridgehead atoms. The van der Waals surface area contributed by atoms with E-state index in [0.717, 1.165) is 23.1 Å². The lowest BCUT2D eigenvalue weighted by Crippen LogP contribution is -2.05. The third-order valence-electron chi connectivity index (χ3n) is 4.34. The number of ketones is 1. The summed E-state index contributed by atoms with van der Waals surface area (Å²) in [6.07, 6.45) is 1.84. The Labute approximate surface area is 154 Å². The van der Waals surface area contributed by atoms with Gasteiger partial charge in [-0.15, -0.1) is 0 Å². The predicted octanol–water partition coefficient (Wildman–Crippen LogP) is 4.96. The summed E-state index contributed by atoms with van der Waals surface area (Å²) in [5.41, 5.74) is 2.25. The smallest absolute Gasteiger partial charge is 0.221 e. The number of carbonyl (C=O) groups excluding carboxylic acids is 2. The number of benzene rings is 3. The molecule has 0 saturated carbocycles. The fourth-order valence-electron chi connectivity index (χ4n) is 3.03. The SMILES string of the molecule is CC(=O)Nc1ccc(CCCC(=O)c2ccc3ccccc3c2O)cc1.[HH]. The third kappa shape index (κ3) is 4.09. The molecule has 3 rings (SSSR count). The number of hydrogen-bond donors (Lipinski definition) is 2. The first kappa shape index (κ1) is 17.7. The average Bonchev–Trinajstić information content (AvgIpc) is 2.63. The van der Waals surface area contributed by atoms with Crippen LogP contribution in [0, 0.1) is 0 Å². The van der Waals surface area contributed by atoms with E-state index in [1.165, 1.54) is 6.92 Å². The maximum Gasteiger partial charge on any atom is 0.221 e. The molecule has 3 aromatic carbocycles. The third-order valence-corrected chi connectivity index (χ3v) is 4.34. The molecule has 0 radical (unpaired) electrons. The van der Waals surface area contributed by atoms with Crippen LogP contribution in [0.4, 0.5) is 5.69 Å². The quantitative estimate of drug-likeness (QED) is 0.618. The van der Waals surface area contributed by atoms with Crippen LogP contribution in [-0.4, -0.2) is 16.8 Å². The molecule has 2 N–H and O–H groups in total. The number of nitrogens with one attached hydrogen (secondary N) is 1. The van der Waals surface area contributed by atoms with Gasteiger partial charge in [-0.25, -0.2) is 0 Å². The lowest BCUT2D eigenvalue weighted by molar-refractivity contribution is -0.114. The van der Waals surface area contributed by atoms with Gasteiger partial charge in [0, 0.05) is 25.8 Å². The first-order chi connectivity index (χ1) is 12.5. The van der Waals surface area contributed by atoms with Crippen molar-refractivity contribution in [3.8, 4) is 5.75 Å². The highest BCUT2D eigenvalue weighted by Crippen LogP contribution is 2.29. The van der Waals surface area contributed by atoms with E-state index in [9.17, 15) is 14.7 Å². The number of aromatic hydroxyl groups is 1. The van der Waals surface area contributed by atoms with Gasteiger partial charge in [-0.05, 0) is 42.0 Å². The first-order valence-electron chi connectivity index (χ1n) is 8.65. The van der Waals surface area contributed by atoms with Crippen LogP contribution >= 0.6 is 0 Å². The van der Waals surface area contributed by atoms with Gasteiger partial charge < -0.3 is 10.4 Å². The van der Waals surface area contributed by atoms with Gasteiger partial charge in [0.2, 0.25) is 5.91 Å². The van der Waals surface area contributed by atoms with Crippen LogP contribution in [0.2, 0.25) is 0 Å². The molecule has 0 aliphatic heterocycles. The maximum absolute atomic E-state index is 12.5. The number of anilines is 1. The number of fused-ring (bicyclic) bond motifs is 1. The van der Waals surface area contributed by atoms with Crippen LogP contribution in [0.1, 0.15) is 37.1 Å². The Morgan fingerprint density at radius 3 is 2.46 bits per heavy atom. The number of Topliss-reactive ketones (excluding diaryl/α,β-unsaturated/α-hetero) is 1. The largest absolute Gasteiger partial charge is 0.507 e. The van der Waals surface area contributed by atoms with E-state index in [2.05, 4.69) is 5.32 Å². The van der Waals surface area contributed by atoms with Crippen molar-refractivity contribution in [1.29, 1.82) is 0 Å². The summed E-state index contributed by atoms with van der Waals surface area (Å²) < 4.78 is 0. The molecule has 0 atom stereocenters. The number of aryl methyl sites for hydroxylation is 1. The summed E-state index contributed by atoms with van der Waals surface area (Å²) in [6.45, 7) is 1.47. The first-order valence-corrected chi connectivity index (χ1v) is 8.65. The Morgan fingerprint density at radius 1 is 1.00 bits per heavy atom. The molecule has 1 amide bonds. The molecule has 0 unspecified atom stereocenters. The van der Waals surface area contributed by atoms with Crippen LogP contribution in [0.25, 0.3) is 10.8 Å². The molecule has 0 saturated heterocycles. The second-order valence-corrected chi connectivity index (χ2v) is 6.34. The molecule has 0 aliphatic rings. The number of phenols is 1. The molecule has 26 heavy (non-hydrogen) atoms. The molecular formula is C22H23NO3. The Balaban J connectivity index is 0.00000261. The van der Waals surface area contributed by atoms with Crippen LogP contribution in [0.3, 0.4) is 0 Å². The molecule has 3 aromatic rings. The highest BCUT2D eigenvalue weighted by molar-refractivity contribution is 6.04. The topological polar surface area (TPSA) is 66.4 Å². The summed E-state index contributed by atoms with van der Waals surface area (Å²) in [5, 5.41) is 14.7. The fourth-order valence-corrected chi connectivity index (χ4v) is 3.03. The molecule has 0 heterocycles. The maximum atomic E-state index is 12.5. The number of rotatable bonds is 6. The highest BCUT2D eigenvalue weighted by atomic mass is 16.3. The second-order valence-electron chi connectivity index (χ2n) is 6.34. The second kappa shape index (κ2) is 7.83. The zero-order chi connectivity index (χ0) is 18.5. The Kier molecular flexibility index (Phi) is 5.32. The molecule has 0 fully saturated rings. The molecule has 4 nitrogen and oxygen atoms in total. The van der Waals surface area contributed by atoms with Gasteiger partial charge in [0.1, 0.15) is 5.75 Å². The molecule has 0 aliphatic carbocycles. The van der Waals surface area contributed by atoms with E-state index < -0.39 is 0 Å². The molecule has 0 aromatic heterocycles. The zero-order valence-electron chi connectivity index (χ0n) is 14.7. The van der Waals surface area contributed by atoms with E-state index in [1.54, 1.807) is 6.07 Å². The number of carbonyl (C=O) groups is 2. The van der Waals surface area contributed by atoms with Crippen molar-refractivity contribution >= 4 is 28.2 Å². The highest BCUT2D eigenvalue weighted by Gasteiger charge is 2.13. The van der Waals surface area contributed by atoms with Gasteiger partial charge in [0.05, 0.1) is 5.56 Å². The van der Waals surface area contributed by atoms with Crippen molar-refractivity contribution in [2.75, 3.05) is 5.32 Å². The van der Waals surface area contributed by atoms with Crippen LogP contribution < -0.4 is 5.32 Å². The van der Waals surface area contributed by atoms with Gasteiger partial charge in [-0.2, -0.15) is 0 Å². The summed E-state index contributed by atoms with van der Waals surface area (Å²) in [4.78, 5) is 23.5. The Morgan fingerprint density at radius 2 is 1.73 bits per heavy atom. The minimum atomic E-state index is -0.0986. The van der Waals surface area contributed by atoms with Gasteiger partial charge >= 0.3 is 0 Å². The van der Waals surface area contributed by atoms with Gasteiger partial charge in [-0.1, -0.05) is 42.5 Å². The lowest BCUT2D eigenvalue weighted by atomic mass is 9.98. The zero-order valence-corrected chi connectivity index (χ0v) is 14.7. The van der Waals surface area contributed by atoms with Crippen LogP contribution in [0.5, 0.6) is 5.75 Å². The summed E-state index contributed by atoms with van der Waals surface area (Å²) in [7, 11) is 0. The normalized spacial score (nSPS) is 10.7. The molecule has 0 spiro atoms. The molecular weight excluding hydrogens is 326 g/mol. The van der Waals surface area contributed by atoms with Crippen molar-refractivity contribution in [3.05, 3.63) is 71.8 Å². The Hall–Kier alpha value is -3.14. The van der Waals surface area contributed by atoms with E-state index in [1.807, 2.05) is 54.6 Å². The van der Waals surface area contributed by atoms with Gasteiger partial charge in [-0.3, -0.25) is 9.59 Å². The summed E-state index contributed by atoms with van der Waals surface area (Å²) in [5.74, 6) is -0.0885.